The first-order valence-corrected chi connectivity index (χ1v) is 8.16. The number of nitrogens with one attached hydrogen (secondary N) is 3. The minimum absolute atomic E-state index is 0.236. The molecule has 27 heavy (non-hydrogen) atoms. The molecule has 1 saturated heterocycles. The molecule has 1 aromatic carbocycles. The Labute approximate surface area is 150 Å². The number of morpholine rings is 1. The Morgan fingerprint density at radius 1 is 1.26 bits per heavy atom. The number of fused-ring (bicyclic) bond motifs is 1. The van der Waals surface area contributed by atoms with Crippen LogP contribution in [0.15, 0.2) is 24.4 Å². The van der Waals surface area contributed by atoms with Gasteiger partial charge in [-0.1, -0.05) is 0 Å². The van der Waals surface area contributed by atoms with Crippen LogP contribution in [-0.4, -0.2) is 57.4 Å². The molecule has 0 bridgehead atoms. The van der Waals surface area contributed by atoms with E-state index >= 15 is 0 Å². The number of aromatic amines is 2. The number of urea groups is 1. The Morgan fingerprint density at radius 3 is 2.78 bits per heavy atom. The zero-order chi connectivity index (χ0) is 19.0. The molecule has 0 saturated carbocycles. The predicted molar refractivity (Wildman–Crippen MR) is 90.1 cm³/mol. The van der Waals surface area contributed by atoms with Gasteiger partial charge in [0.15, 0.2) is 5.82 Å². The second-order valence-electron chi connectivity index (χ2n) is 6.00. The number of aromatic nitrogens is 4. The Balaban J connectivity index is 1.61. The molecular formula is C16H15F3N6O2. The molecule has 1 fully saturated rings. The second-order valence-corrected chi connectivity index (χ2v) is 6.00. The number of hydrogen-bond donors (Lipinski definition) is 3. The fourth-order valence-corrected chi connectivity index (χ4v) is 2.83. The lowest BCUT2D eigenvalue weighted by Gasteiger charge is -2.26. The normalized spacial score (nSPS) is 15.3. The van der Waals surface area contributed by atoms with Crippen molar-refractivity contribution in [2.45, 2.75) is 6.18 Å². The van der Waals surface area contributed by atoms with Crippen molar-refractivity contribution in [2.24, 2.45) is 0 Å². The maximum absolute atomic E-state index is 12.9. The minimum atomic E-state index is -4.44. The number of carbonyl (C=O) groups is 1. The van der Waals surface area contributed by atoms with E-state index in [9.17, 15) is 18.0 Å². The summed E-state index contributed by atoms with van der Waals surface area (Å²) in [6.07, 6.45) is -3.02. The highest BCUT2D eigenvalue weighted by atomic mass is 19.4. The summed E-state index contributed by atoms with van der Waals surface area (Å²) in [5.41, 5.74) is 0.594. The maximum atomic E-state index is 12.9. The molecule has 0 radical (unpaired) electrons. The molecule has 3 N–H and O–H groups in total. The molecule has 0 aliphatic carbocycles. The van der Waals surface area contributed by atoms with Crippen molar-refractivity contribution >= 4 is 22.8 Å². The van der Waals surface area contributed by atoms with Gasteiger partial charge in [-0.05, 0) is 18.2 Å². The predicted octanol–water partition coefficient (Wildman–Crippen LogP) is 2.84. The van der Waals surface area contributed by atoms with Crippen LogP contribution in [0.25, 0.3) is 22.6 Å². The third-order valence-electron chi connectivity index (χ3n) is 4.23. The summed E-state index contributed by atoms with van der Waals surface area (Å²) in [7, 11) is 0. The van der Waals surface area contributed by atoms with Crippen LogP contribution < -0.4 is 5.32 Å². The van der Waals surface area contributed by atoms with E-state index in [4.69, 9.17) is 4.74 Å². The summed E-state index contributed by atoms with van der Waals surface area (Å²) in [5.74, 6) is 0.277. The number of ether oxygens (including phenoxy) is 1. The van der Waals surface area contributed by atoms with Gasteiger partial charge in [0.25, 0.3) is 0 Å². The number of alkyl halides is 3. The largest absolute Gasteiger partial charge is 0.416 e. The van der Waals surface area contributed by atoms with Gasteiger partial charge in [-0.3, -0.25) is 5.10 Å². The van der Waals surface area contributed by atoms with Crippen LogP contribution in [0.1, 0.15) is 5.56 Å². The highest BCUT2D eigenvalue weighted by Gasteiger charge is 2.31. The van der Waals surface area contributed by atoms with Crippen LogP contribution in [0.3, 0.4) is 0 Å². The average molecular weight is 380 g/mol. The highest BCUT2D eigenvalue weighted by molar-refractivity contribution is 5.93. The lowest BCUT2D eigenvalue weighted by molar-refractivity contribution is -0.137. The number of carbonyl (C=O) groups excluding carboxylic acids is 1. The Kier molecular flexibility index (Phi) is 4.22. The summed E-state index contributed by atoms with van der Waals surface area (Å²) >= 11 is 0. The zero-order valence-corrected chi connectivity index (χ0v) is 13.9. The van der Waals surface area contributed by atoms with E-state index in [0.717, 1.165) is 12.1 Å². The number of nitrogens with zero attached hydrogens (tertiary/aromatic N) is 3. The molecule has 4 rings (SSSR count). The van der Waals surface area contributed by atoms with Crippen molar-refractivity contribution in [2.75, 3.05) is 31.6 Å². The van der Waals surface area contributed by atoms with E-state index < -0.39 is 11.7 Å². The SMILES string of the molecule is O=C(Nc1cn[nH]c1-c1nc2ccc(C(F)(F)F)cc2[nH]1)N1CCOCC1. The zero-order valence-electron chi connectivity index (χ0n) is 13.9. The molecule has 3 aromatic rings. The van der Waals surface area contributed by atoms with Gasteiger partial charge in [0.1, 0.15) is 5.69 Å². The standard InChI is InChI=1S/C16H15F3N6O2/c17-16(18,19)9-1-2-10-11(7-9)22-14(21-10)13-12(8-20-24-13)23-15(26)25-3-5-27-6-4-25/h1-2,7-8H,3-6H2,(H,20,24)(H,21,22)(H,23,26). The summed E-state index contributed by atoms with van der Waals surface area (Å²) in [5, 5.41) is 9.35. The number of rotatable bonds is 2. The van der Waals surface area contributed by atoms with Crippen LogP contribution >= 0.6 is 0 Å². The molecule has 8 nitrogen and oxygen atoms in total. The lowest BCUT2D eigenvalue weighted by atomic mass is 10.2. The number of anilines is 1. The number of H-pyrrole nitrogens is 2. The van der Waals surface area contributed by atoms with E-state index in [1.807, 2.05) is 0 Å². The van der Waals surface area contributed by atoms with E-state index in [-0.39, 0.29) is 17.4 Å². The molecule has 0 atom stereocenters. The van der Waals surface area contributed by atoms with Crippen molar-refractivity contribution in [3.63, 3.8) is 0 Å². The first kappa shape index (κ1) is 17.3. The Bertz CT molecular complexity index is 974. The molecule has 142 valence electrons. The molecule has 11 heteroatoms. The van der Waals surface area contributed by atoms with E-state index in [2.05, 4.69) is 25.5 Å². The smallest absolute Gasteiger partial charge is 0.378 e. The van der Waals surface area contributed by atoms with Gasteiger partial charge in [0.05, 0.1) is 41.7 Å². The van der Waals surface area contributed by atoms with Gasteiger partial charge < -0.3 is 19.9 Å². The number of halogens is 3. The quantitative estimate of drug-likeness (QED) is 0.637. The van der Waals surface area contributed by atoms with Crippen molar-refractivity contribution < 1.29 is 22.7 Å². The maximum Gasteiger partial charge on any atom is 0.416 e. The molecule has 2 aromatic heterocycles. The van der Waals surface area contributed by atoms with Gasteiger partial charge >= 0.3 is 12.2 Å². The number of imidazole rings is 1. The Hall–Kier alpha value is -3.08. The van der Waals surface area contributed by atoms with Gasteiger partial charge in [-0.2, -0.15) is 18.3 Å². The number of hydrogen-bond acceptors (Lipinski definition) is 4. The van der Waals surface area contributed by atoms with Crippen LogP contribution in [0.4, 0.5) is 23.7 Å². The van der Waals surface area contributed by atoms with Gasteiger partial charge in [0, 0.05) is 13.1 Å². The fraction of sp³-hybridized carbons (Fsp3) is 0.312. The van der Waals surface area contributed by atoms with Gasteiger partial charge in [0.2, 0.25) is 0 Å². The fourth-order valence-electron chi connectivity index (χ4n) is 2.83. The third kappa shape index (κ3) is 3.45. The highest BCUT2D eigenvalue weighted by Crippen LogP contribution is 2.32. The summed E-state index contributed by atoms with van der Waals surface area (Å²) < 4.78 is 43.8. The van der Waals surface area contributed by atoms with Crippen LogP contribution in [0.2, 0.25) is 0 Å². The first-order chi connectivity index (χ1) is 12.9. The van der Waals surface area contributed by atoms with Crippen molar-refractivity contribution in [3.8, 4) is 11.5 Å². The molecular weight excluding hydrogens is 365 g/mol. The molecule has 2 amide bonds. The van der Waals surface area contributed by atoms with Gasteiger partial charge in [-0.25, -0.2) is 9.78 Å². The number of benzene rings is 1. The summed E-state index contributed by atoms with van der Waals surface area (Å²) in [6.45, 7) is 1.89. The van der Waals surface area contributed by atoms with Crippen LogP contribution in [0, 0.1) is 0 Å². The molecule has 3 heterocycles. The van der Waals surface area contributed by atoms with Crippen molar-refractivity contribution in [1.29, 1.82) is 0 Å². The van der Waals surface area contributed by atoms with Crippen LogP contribution in [-0.2, 0) is 10.9 Å². The summed E-state index contributed by atoms with van der Waals surface area (Å²) in [4.78, 5) is 21.1. The average Bonchev–Trinajstić information content (AvgIpc) is 3.27. The molecule has 0 unspecified atom stereocenters. The van der Waals surface area contributed by atoms with Gasteiger partial charge in [-0.15, -0.1) is 0 Å². The number of amides is 2. The topological polar surface area (TPSA) is 98.9 Å². The Morgan fingerprint density at radius 2 is 2.04 bits per heavy atom. The molecule has 1 aliphatic heterocycles. The third-order valence-corrected chi connectivity index (χ3v) is 4.23. The van der Waals surface area contributed by atoms with E-state index in [0.29, 0.717) is 43.2 Å². The second kappa shape index (κ2) is 6.58. The monoisotopic (exact) mass is 380 g/mol. The van der Waals surface area contributed by atoms with E-state index in [1.165, 1.54) is 12.3 Å². The first-order valence-electron chi connectivity index (χ1n) is 8.16. The molecule has 0 spiro atoms. The van der Waals surface area contributed by atoms with Crippen molar-refractivity contribution in [3.05, 3.63) is 30.0 Å². The summed E-state index contributed by atoms with van der Waals surface area (Å²) in [6, 6.07) is 2.95. The van der Waals surface area contributed by atoms with E-state index in [1.54, 1.807) is 4.90 Å². The lowest BCUT2D eigenvalue weighted by Crippen LogP contribution is -2.43. The van der Waals surface area contributed by atoms with Crippen LogP contribution in [0.5, 0.6) is 0 Å². The molecule has 1 aliphatic rings. The minimum Gasteiger partial charge on any atom is -0.378 e. The van der Waals surface area contributed by atoms with Crippen molar-refractivity contribution in [1.82, 2.24) is 25.1 Å².